The molecule has 88 valence electrons. The van der Waals surface area contributed by atoms with E-state index in [1.807, 2.05) is 13.8 Å². The number of anilines is 1. The van der Waals surface area contributed by atoms with Crippen molar-refractivity contribution in [2.24, 2.45) is 5.10 Å². The van der Waals surface area contributed by atoms with Gasteiger partial charge in [0.1, 0.15) is 10.7 Å². The molecule has 0 bridgehead atoms. The fraction of sp³-hybridized carbons (Fsp3) is 0.300. The molecule has 3 rings (SSSR count). The Morgan fingerprint density at radius 1 is 1.29 bits per heavy atom. The smallest absolute Gasteiger partial charge is 0.274 e. The Hall–Kier alpha value is -1.89. The molecule has 0 saturated heterocycles. The summed E-state index contributed by atoms with van der Waals surface area (Å²) in [7, 11) is 0. The molecular weight excluding hydrogens is 238 g/mol. The van der Waals surface area contributed by atoms with E-state index < -0.39 is 0 Å². The first kappa shape index (κ1) is 10.3. The van der Waals surface area contributed by atoms with Crippen molar-refractivity contribution in [2.45, 2.75) is 20.8 Å². The van der Waals surface area contributed by atoms with Gasteiger partial charge in [0.15, 0.2) is 0 Å². The zero-order valence-corrected chi connectivity index (χ0v) is 10.5. The second-order valence-corrected chi connectivity index (χ2v) is 5.16. The van der Waals surface area contributed by atoms with Gasteiger partial charge in [-0.1, -0.05) is 0 Å². The van der Waals surface area contributed by atoms with Gasteiger partial charge < -0.3 is 0 Å². The summed E-state index contributed by atoms with van der Waals surface area (Å²) in [5.41, 5.74) is 6.56. The highest BCUT2D eigenvalue weighted by atomic mass is 32.1. The molecule has 0 saturated carbocycles. The Kier molecular flexibility index (Phi) is 1.99. The Morgan fingerprint density at radius 3 is 2.82 bits per heavy atom. The molecule has 1 aliphatic heterocycles. The van der Waals surface area contributed by atoms with Gasteiger partial charge in [-0.15, -0.1) is 11.3 Å². The van der Waals surface area contributed by atoms with Crippen LogP contribution in [0.3, 0.4) is 0 Å². The van der Waals surface area contributed by atoms with Gasteiger partial charge in [-0.3, -0.25) is 10.2 Å². The zero-order chi connectivity index (χ0) is 12.2. The molecule has 7 heteroatoms. The number of aromatic nitrogens is 2. The zero-order valence-electron chi connectivity index (χ0n) is 9.66. The van der Waals surface area contributed by atoms with Crippen LogP contribution in [0.15, 0.2) is 9.90 Å². The molecule has 2 aromatic heterocycles. The minimum atomic E-state index is -0.0893. The number of nitrogens with zero attached hydrogens (tertiary/aromatic N) is 3. The standard InChI is InChI=1S/C10H11N5OS/c1-4-5(2)17-8-7(4)9(16)15-10(11-8)13-12-6(3)14-15/h1-3H3,(H,11,13)(H,12,14). The van der Waals surface area contributed by atoms with Gasteiger partial charge in [0.2, 0.25) is 5.95 Å². The number of aryl methyl sites for hydroxylation is 2. The average Bonchev–Trinajstić information content (AvgIpc) is 2.57. The van der Waals surface area contributed by atoms with Crippen molar-refractivity contribution in [3.05, 3.63) is 20.8 Å². The van der Waals surface area contributed by atoms with Crippen LogP contribution >= 0.6 is 11.3 Å². The number of amidine groups is 1. The van der Waals surface area contributed by atoms with Crippen LogP contribution < -0.4 is 16.4 Å². The van der Waals surface area contributed by atoms with Crippen molar-refractivity contribution >= 4 is 33.3 Å². The maximum atomic E-state index is 12.3. The van der Waals surface area contributed by atoms with Gasteiger partial charge in [-0.25, -0.2) is 10.4 Å². The summed E-state index contributed by atoms with van der Waals surface area (Å²) in [5.74, 6) is 1.06. The highest BCUT2D eigenvalue weighted by molar-refractivity contribution is 7.18. The molecule has 17 heavy (non-hydrogen) atoms. The lowest BCUT2D eigenvalue weighted by molar-refractivity contribution is 0.867. The summed E-state index contributed by atoms with van der Waals surface area (Å²) in [5, 5.41) is 4.67. The van der Waals surface area contributed by atoms with E-state index in [0.29, 0.717) is 17.2 Å². The van der Waals surface area contributed by atoms with E-state index >= 15 is 0 Å². The van der Waals surface area contributed by atoms with Gasteiger partial charge in [0.05, 0.1) is 5.39 Å². The SMILES string of the molecule is CC1=NNc2nc3sc(C)c(C)c3c(=O)n2N1. The maximum absolute atomic E-state index is 12.3. The molecule has 2 N–H and O–H groups in total. The number of fused-ring (bicyclic) bond motifs is 2. The molecule has 0 atom stereocenters. The third-order valence-corrected chi connectivity index (χ3v) is 3.90. The van der Waals surface area contributed by atoms with Crippen LogP contribution in [0.4, 0.5) is 5.95 Å². The van der Waals surface area contributed by atoms with Crippen LogP contribution in [0.25, 0.3) is 10.2 Å². The van der Waals surface area contributed by atoms with E-state index in [4.69, 9.17) is 0 Å². The Bertz CT molecular complexity index is 712. The van der Waals surface area contributed by atoms with Crippen molar-refractivity contribution in [3.63, 3.8) is 0 Å². The maximum Gasteiger partial charge on any atom is 0.283 e. The van der Waals surface area contributed by atoms with E-state index in [9.17, 15) is 4.79 Å². The Morgan fingerprint density at radius 2 is 2.06 bits per heavy atom. The van der Waals surface area contributed by atoms with Crippen LogP contribution in [0.1, 0.15) is 17.4 Å². The molecule has 6 nitrogen and oxygen atoms in total. The molecule has 1 aliphatic rings. The number of nitrogens with one attached hydrogen (secondary N) is 2. The van der Waals surface area contributed by atoms with Crippen LogP contribution in [-0.4, -0.2) is 15.5 Å². The van der Waals surface area contributed by atoms with Crippen molar-refractivity contribution in [1.82, 2.24) is 9.66 Å². The van der Waals surface area contributed by atoms with Crippen LogP contribution in [-0.2, 0) is 0 Å². The largest absolute Gasteiger partial charge is 0.283 e. The van der Waals surface area contributed by atoms with Gasteiger partial charge in [-0.2, -0.15) is 9.78 Å². The summed E-state index contributed by atoms with van der Waals surface area (Å²) in [6.07, 6.45) is 0. The lowest BCUT2D eigenvalue weighted by Gasteiger charge is -2.17. The molecule has 0 unspecified atom stereocenters. The summed E-state index contributed by atoms with van der Waals surface area (Å²) in [6, 6.07) is 0. The lowest BCUT2D eigenvalue weighted by Crippen LogP contribution is -2.37. The van der Waals surface area contributed by atoms with E-state index in [2.05, 4.69) is 20.9 Å². The van der Waals surface area contributed by atoms with Gasteiger partial charge >= 0.3 is 0 Å². The van der Waals surface area contributed by atoms with Crippen molar-refractivity contribution in [1.29, 1.82) is 0 Å². The number of thiophene rings is 1. The van der Waals surface area contributed by atoms with Crippen LogP contribution in [0, 0.1) is 13.8 Å². The van der Waals surface area contributed by atoms with Crippen LogP contribution in [0.2, 0.25) is 0 Å². The van der Waals surface area contributed by atoms with Gasteiger partial charge in [0.25, 0.3) is 5.56 Å². The number of hydrogen-bond donors (Lipinski definition) is 2. The molecule has 0 spiro atoms. The fourth-order valence-corrected chi connectivity index (χ4v) is 2.81. The highest BCUT2D eigenvalue weighted by Crippen LogP contribution is 2.27. The third-order valence-electron chi connectivity index (χ3n) is 2.80. The minimum Gasteiger partial charge on any atom is -0.274 e. The average molecular weight is 249 g/mol. The van der Waals surface area contributed by atoms with Crippen molar-refractivity contribution in [2.75, 3.05) is 10.9 Å². The first-order valence-corrected chi connectivity index (χ1v) is 5.99. The number of hydrogen-bond acceptors (Lipinski definition) is 6. The molecule has 3 heterocycles. The molecule has 0 aliphatic carbocycles. The topological polar surface area (TPSA) is 71.3 Å². The van der Waals surface area contributed by atoms with E-state index in [0.717, 1.165) is 15.3 Å². The summed E-state index contributed by atoms with van der Waals surface area (Å²) >= 11 is 1.53. The number of hydrazone groups is 1. The molecule has 0 fully saturated rings. The van der Waals surface area contributed by atoms with Gasteiger partial charge in [-0.05, 0) is 26.3 Å². The first-order chi connectivity index (χ1) is 8.08. The van der Waals surface area contributed by atoms with E-state index in [1.54, 1.807) is 6.92 Å². The van der Waals surface area contributed by atoms with E-state index in [1.165, 1.54) is 16.0 Å². The third kappa shape index (κ3) is 1.35. The fourth-order valence-electron chi connectivity index (χ4n) is 1.79. The second-order valence-electron chi connectivity index (χ2n) is 3.96. The van der Waals surface area contributed by atoms with E-state index in [-0.39, 0.29) is 5.56 Å². The monoisotopic (exact) mass is 249 g/mol. The normalized spacial score (nSPS) is 13.9. The molecule has 0 amide bonds. The lowest BCUT2D eigenvalue weighted by atomic mass is 10.2. The summed E-state index contributed by atoms with van der Waals surface area (Å²) in [6.45, 7) is 5.72. The molecule has 0 aromatic carbocycles. The second kappa shape index (κ2) is 3.30. The highest BCUT2D eigenvalue weighted by Gasteiger charge is 2.18. The predicted molar refractivity (Wildman–Crippen MR) is 69.4 cm³/mol. The van der Waals surface area contributed by atoms with Crippen LogP contribution in [0.5, 0.6) is 0 Å². The summed E-state index contributed by atoms with van der Waals surface area (Å²) < 4.78 is 1.39. The van der Waals surface area contributed by atoms with Crippen molar-refractivity contribution in [3.8, 4) is 0 Å². The molecule has 0 radical (unpaired) electrons. The quantitative estimate of drug-likeness (QED) is 0.740. The minimum absolute atomic E-state index is 0.0893. The first-order valence-electron chi connectivity index (χ1n) is 5.18. The number of rotatable bonds is 0. The summed E-state index contributed by atoms with van der Waals surface area (Å²) in [4.78, 5) is 18.6. The van der Waals surface area contributed by atoms with Crippen molar-refractivity contribution < 1.29 is 0 Å². The van der Waals surface area contributed by atoms with Gasteiger partial charge in [0, 0.05) is 4.88 Å². The predicted octanol–water partition coefficient (Wildman–Crippen LogP) is 1.38. The Labute approximate surface area is 101 Å². The molecular formula is C10H11N5OS. The molecule has 2 aromatic rings. The Balaban J connectivity index is 2.40.